The fourth-order valence-electron chi connectivity index (χ4n) is 12.8. The van der Waals surface area contributed by atoms with Crippen LogP contribution in [0, 0.1) is 34.5 Å². The molecule has 6 aliphatic rings. The molecule has 5 aliphatic carbocycles. The molecule has 0 aromatic heterocycles. The number of fused-ring (bicyclic) bond motifs is 2. The largest absolute Gasteiger partial charge is 0.462 e. The summed E-state index contributed by atoms with van der Waals surface area (Å²) in [5, 5.41) is 0. The summed E-state index contributed by atoms with van der Waals surface area (Å²) in [5.74, 6) is -5.72. The summed E-state index contributed by atoms with van der Waals surface area (Å²) in [6, 6.07) is -0.420. The molecular formula is C35H51NO14. The smallest absolute Gasteiger partial charge is 0.303 e. The summed E-state index contributed by atoms with van der Waals surface area (Å²) in [4.78, 5) is 67.8. The van der Waals surface area contributed by atoms with Crippen LogP contribution < -0.4 is 0 Å². The van der Waals surface area contributed by atoms with Crippen molar-refractivity contribution in [2.45, 2.75) is 108 Å². The molecule has 1 saturated heterocycles. The molecule has 15 nitrogen and oxygen atoms in total. The fraction of sp³-hybridized carbons (Fsp3) is 0.857. The third-order valence-corrected chi connectivity index (χ3v) is 13.1. The van der Waals surface area contributed by atoms with E-state index < -0.39 is 118 Å². The maximum absolute atomic E-state index is 13.5. The van der Waals surface area contributed by atoms with Crippen molar-refractivity contribution in [3.05, 3.63) is 0 Å². The first-order valence-electron chi connectivity index (χ1n) is 17.3. The molecule has 0 aromatic rings. The number of carbonyl (C=O) groups is 5. The topological polar surface area (TPSA) is 172 Å². The minimum absolute atomic E-state index is 0.0866. The Kier molecular flexibility index (Phi) is 9.36. The van der Waals surface area contributed by atoms with E-state index in [-0.39, 0.29) is 13.0 Å². The lowest BCUT2D eigenvalue weighted by Crippen LogP contribution is -2.82. The highest BCUT2D eigenvalue weighted by Crippen LogP contribution is 2.81. The number of nitrogens with zero attached hydrogens (tertiary/aromatic N) is 1. The zero-order valence-corrected chi connectivity index (χ0v) is 30.5. The van der Waals surface area contributed by atoms with Crippen LogP contribution >= 0.6 is 0 Å². The van der Waals surface area contributed by atoms with E-state index in [1.54, 1.807) is 21.3 Å². The molecule has 0 N–H and O–H groups in total. The van der Waals surface area contributed by atoms with Gasteiger partial charge in [0.25, 0.3) is 0 Å². The minimum Gasteiger partial charge on any atom is -0.462 e. The zero-order valence-electron chi connectivity index (χ0n) is 30.5. The highest BCUT2D eigenvalue weighted by Gasteiger charge is 2.93. The van der Waals surface area contributed by atoms with Crippen LogP contribution in [0.15, 0.2) is 0 Å². The monoisotopic (exact) mass is 709 g/mol. The number of carbonyl (C=O) groups excluding carboxylic acids is 5. The van der Waals surface area contributed by atoms with Gasteiger partial charge in [-0.25, -0.2) is 0 Å². The molecule has 0 radical (unpaired) electrons. The van der Waals surface area contributed by atoms with Gasteiger partial charge in [0.2, 0.25) is 0 Å². The van der Waals surface area contributed by atoms with Gasteiger partial charge in [0, 0.05) is 111 Å². The molecule has 280 valence electrons. The molecular weight excluding hydrogens is 658 g/mol. The number of likely N-dealkylation sites (tertiary alicyclic amines) is 1. The Hall–Kier alpha value is -2.85. The Bertz CT molecular complexity index is 1420. The van der Waals surface area contributed by atoms with E-state index >= 15 is 0 Å². The SMILES string of the molecule is CCN1C[C@@]2(COC)[C@H]3[C@@H](OC)[C@H]4C1[C@]3([C@@H](OC)C[C@H]2OC(C)=O)[C@@H]1C[C@@]2(OC(C)=O)[C@H](OC(C)=O)[C@@H]1[C@]4(OC(C)=O)[C@@H](OC(C)=O)[C@@H]2OC. The quantitative estimate of drug-likeness (QED) is 0.220. The summed E-state index contributed by atoms with van der Waals surface area (Å²) >= 11 is 0. The Morgan fingerprint density at radius 3 is 1.82 bits per heavy atom. The van der Waals surface area contributed by atoms with Gasteiger partial charge in [0.1, 0.15) is 12.2 Å². The van der Waals surface area contributed by atoms with Gasteiger partial charge in [-0.15, -0.1) is 0 Å². The molecule has 50 heavy (non-hydrogen) atoms. The molecule has 6 rings (SSSR count). The van der Waals surface area contributed by atoms with Gasteiger partial charge >= 0.3 is 29.8 Å². The second-order valence-electron chi connectivity index (χ2n) is 15.0. The molecule has 0 amide bonds. The van der Waals surface area contributed by atoms with Crippen LogP contribution in [0.3, 0.4) is 0 Å². The summed E-state index contributed by atoms with van der Waals surface area (Å²) in [6.45, 7) is 9.62. The highest BCUT2D eigenvalue weighted by atomic mass is 16.7. The maximum atomic E-state index is 13.5. The van der Waals surface area contributed by atoms with E-state index in [0.29, 0.717) is 19.5 Å². The van der Waals surface area contributed by atoms with Crippen LogP contribution in [0.2, 0.25) is 0 Å². The van der Waals surface area contributed by atoms with Crippen molar-refractivity contribution in [2.24, 2.45) is 34.5 Å². The lowest BCUT2D eigenvalue weighted by Gasteiger charge is -2.70. The van der Waals surface area contributed by atoms with Gasteiger partial charge in [-0.2, -0.15) is 0 Å². The Balaban J connectivity index is 1.78. The molecule has 6 fully saturated rings. The molecule has 15 atom stereocenters. The molecule has 15 heteroatoms. The zero-order chi connectivity index (χ0) is 36.7. The standard InChI is InChI=1S/C35H51NO14/c1-11-36-14-32(15-42-7)22(46-16(2)37)12-23(43-8)34-21-13-33(49-19(5)40)29(47-17(3)38)24(21)35(50-20(6)41,31(30(33)45-10)48-18(4)39)25(28(34)36)26(44-9)27(32)34/h21-31H,11-15H2,1-10H3/t21-,22-,23+,24-,25+,26+,27-,28?,29-,30+,31+,32+,33-,34+,35-/m1/s1. The Morgan fingerprint density at radius 1 is 0.700 bits per heavy atom. The molecule has 1 heterocycles. The number of methoxy groups -OCH3 is 4. The number of piperidine rings is 1. The van der Waals surface area contributed by atoms with Crippen molar-refractivity contribution >= 4 is 29.8 Å². The number of ether oxygens (including phenoxy) is 9. The fourth-order valence-corrected chi connectivity index (χ4v) is 12.8. The third kappa shape index (κ3) is 4.55. The Labute approximate surface area is 292 Å². The molecule has 0 aromatic carbocycles. The number of hydrogen-bond donors (Lipinski definition) is 0. The van der Waals surface area contributed by atoms with E-state index in [1.165, 1.54) is 41.7 Å². The average Bonchev–Trinajstić information content (AvgIpc) is 3.40. The summed E-state index contributed by atoms with van der Waals surface area (Å²) in [7, 11) is 6.21. The van der Waals surface area contributed by atoms with Crippen molar-refractivity contribution < 1.29 is 66.6 Å². The summed E-state index contributed by atoms with van der Waals surface area (Å²) in [6.07, 6.45) is -5.26. The van der Waals surface area contributed by atoms with E-state index in [0.717, 1.165) is 0 Å². The van der Waals surface area contributed by atoms with Crippen LogP contribution in [0.4, 0.5) is 0 Å². The van der Waals surface area contributed by atoms with E-state index in [1.807, 2.05) is 6.92 Å². The van der Waals surface area contributed by atoms with E-state index in [2.05, 4.69) is 4.90 Å². The van der Waals surface area contributed by atoms with Crippen LogP contribution in [0.5, 0.6) is 0 Å². The van der Waals surface area contributed by atoms with Gasteiger partial charge in [0.05, 0.1) is 18.8 Å². The normalized spacial score (nSPS) is 46.5. The van der Waals surface area contributed by atoms with Gasteiger partial charge in [-0.1, -0.05) is 6.92 Å². The molecule has 1 spiro atoms. The minimum atomic E-state index is -1.72. The number of hydrogen-bond acceptors (Lipinski definition) is 15. The van der Waals surface area contributed by atoms with Gasteiger partial charge in [0.15, 0.2) is 23.4 Å². The van der Waals surface area contributed by atoms with E-state index in [9.17, 15) is 24.0 Å². The van der Waals surface area contributed by atoms with E-state index in [4.69, 9.17) is 42.6 Å². The number of esters is 5. The number of rotatable bonds is 11. The van der Waals surface area contributed by atoms with Crippen LogP contribution in [0.1, 0.15) is 54.4 Å². The van der Waals surface area contributed by atoms with Crippen molar-refractivity contribution in [3.63, 3.8) is 0 Å². The van der Waals surface area contributed by atoms with Gasteiger partial charge in [-0.3, -0.25) is 28.9 Å². The van der Waals surface area contributed by atoms with Crippen molar-refractivity contribution in [1.29, 1.82) is 0 Å². The predicted octanol–water partition coefficient (Wildman–Crippen LogP) is 1.07. The maximum Gasteiger partial charge on any atom is 0.303 e. The molecule has 5 saturated carbocycles. The predicted molar refractivity (Wildman–Crippen MR) is 169 cm³/mol. The molecule has 7 bridgehead atoms. The van der Waals surface area contributed by atoms with Crippen molar-refractivity contribution in [2.75, 3.05) is 48.1 Å². The second kappa shape index (κ2) is 12.7. The van der Waals surface area contributed by atoms with Crippen LogP contribution in [-0.4, -0.2) is 137 Å². The lowest BCUT2D eigenvalue weighted by molar-refractivity contribution is -0.326. The second-order valence-corrected chi connectivity index (χ2v) is 15.0. The Morgan fingerprint density at radius 2 is 1.32 bits per heavy atom. The highest BCUT2D eigenvalue weighted by molar-refractivity contribution is 5.71. The van der Waals surface area contributed by atoms with Crippen molar-refractivity contribution in [1.82, 2.24) is 4.90 Å². The first-order valence-corrected chi connectivity index (χ1v) is 17.3. The average molecular weight is 710 g/mol. The molecule has 1 unspecified atom stereocenters. The van der Waals surface area contributed by atoms with Crippen molar-refractivity contribution in [3.8, 4) is 0 Å². The first-order chi connectivity index (χ1) is 23.6. The molecule has 1 aliphatic heterocycles. The summed E-state index contributed by atoms with van der Waals surface area (Å²) < 4.78 is 56.8. The van der Waals surface area contributed by atoms with Crippen LogP contribution in [-0.2, 0) is 66.6 Å². The van der Waals surface area contributed by atoms with Crippen LogP contribution in [0.25, 0.3) is 0 Å². The van der Waals surface area contributed by atoms with Gasteiger partial charge in [-0.05, 0) is 18.9 Å². The summed E-state index contributed by atoms with van der Waals surface area (Å²) in [5.41, 5.74) is -5.09. The van der Waals surface area contributed by atoms with Gasteiger partial charge < -0.3 is 42.6 Å². The first kappa shape index (κ1) is 36.9. The third-order valence-electron chi connectivity index (χ3n) is 13.1. The lowest BCUT2D eigenvalue weighted by atomic mass is 9.42.